The molecule has 0 heterocycles. The number of hydrogen-bond acceptors (Lipinski definition) is 2. The quantitative estimate of drug-likeness (QED) is 0.550. The van der Waals surface area contributed by atoms with Crippen LogP contribution in [0, 0.1) is 0 Å². The Labute approximate surface area is 49.0 Å². The molecule has 3 heteroatoms. The van der Waals surface area contributed by atoms with E-state index in [4.69, 9.17) is 0 Å². The Bertz CT molecular complexity index is 80.5. The highest BCUT2D eigenvalue weighted by molar-refractivity contribution is 5.67. The van der Waals surface area contributed by atoms with Crippen molar-refractivity contribution in [2.75, 3.05) is 7.11 Å². The Balaban J connectivity index is 3.25. The molecular formula is C5H11NO2. The number of alkyl carbamates (subject to hydrolysis) is 1. The average molecular weight is 117 g/mol. The zero-order valence-electron chi connectivity index (χ0n) is 5.39. The van der Waals surface area contributed by atoms with Crippen LogP contribution in [0.1, 0.15) is 13.8 Å². The van der Waals surface area contributed by atoms with E-state index >= 15 is 0 Å². The van der Waals surface area contributed by atoms with Crippen molar-refractivity contribution in [2.45, 2.75) is 19.9 Å². The molecule has 0 saturated carbocycles. The number of methoxy groups -OCH3 is 1. The molecule has 0 aromatic rings. The summed E-state index contributed by atoms with van der Waals surface area (Å²) in [6, 6.07) is 0.155. The summed E-state index contributed by atoms with van der Waals surface area (Å²) in [4.78, 5) is 10.3. The maximum Gasteiger partial charge on any atom is 0.407 e. The van der Waals surface area contributed by atoms with Crippen molar-refractivity contribution in [3.05, 3.63) is 0 Å². The Kier molecular flexibility index (Phi) is 2.99. The van der Waals surface area contributed by atoms with Crippen LogP contribution in [0.5, 0.6) is 0 Å². The summed E-state index contributed by atoms with van der Waals surface area (Å²) in [6.07, 6.45) is -0.375. The lowest BCUT2D eigenvalue weighted by molar-refractivity contribution is 0.168. The summed E-state index contributed by atoms with van der Waals surface area (Å²) < 4.78 is 4.31. The van der Waals surface area contributed by atoms with E-state index in [1.54, 1.807) is 0 Å². The zero-order chi connectivity index (χ0) is 6.57. The van der Waals surface area contributed by atoms with Gasteiger partial charge in [-0.25, -0.2) is 4.79 Å². The van der Waals surface area contributed by atoms with Crippen molar-refractivity contribution >= 4 is 6.09 Å². The summed E-state index contributed by atoms with van der Waals surface area (Å²) in [7, 11) is 1.34. The molecule has 0 spiro atoms. The van der Waals surface area contributed by atoms with Crippen molar-refractivity contribution in [3.8, 4) is 0 Å². The fourth-order valence-corrected chi connectivity index (χ4v) is 0.295. The molecule has 48 valence electrons. The summed E-state index contributed by atoms with van der Waals surface area (Å²) in [6.45, 7) is 3.74. The van der Waals surface area contributed by atoms with Gasteiger partial charge in [0.1, 0.15) is 0 Å². The molecule has 0 rings (SSSR count). The number of hydrogen-bond donors (Lipinski definition) is 1. The van der Waals surface area contributed by atoms with E-state index in [9.17, 15) is 4.79 Å². The molecule has 1 N–H and O–H groups in total. The lowest BCUT2D eigenvalue weighted by Crippen LogP contribution is -2.29. The van der Waals surface area contributed by atoms with Gasteiger partial charge < -0.3 is 10.1 Å². The smallest absolute Gasteiger partial charge is 0.407 e. The Hall–Kier alpha value is -0.730. The van der Waals surface area contributed by atoms with E-state index in [-0.39, 0.29) is 12.1 Å². The topological polar surface area (TPSA) is 38.3 Å². The largest absolute Gasteiger partial charge is 0.453 e. The van der Waals surface area contributed by atoms with Gasteiger partial charge in [-0.2, -0.15) is 0 Å². The number of carbonyl (C=O) groups is 1. The molecular weight excluding hydrogens is 106 g/mol. The normalized spacial score (nSPS) is 9.00. The lowest BCUT2D eigenvalue weighted by Gasteiger charge is -2.04. The third kappa shape index (κ3) is 3.46. The number of nitrogens with one attached hydrogen (secondary N) is 1. The summed E-state index contributed by atoms with van der Waals surface area (Å²) in [5.41, 5.74) is 0. The van der Waals surface area contributed by atoms with Crippen LogP contribution in [0.25, 0.3) is 0 Å². The van der Waals surface area contributed by atoms with Crippen LogP contribution in [-0.2, 0) is 4.74 Å². The Morgan fingerprint density at radius 3 is 2.25 bits per heavy atom. The van der Waals surface area contributed by atoms with Gasteiger partial charge in [-0.05, 0) is 13.8 Å². The van der Waals surface area contributed by atoms with E-state index in [1.807, 2.05) is 13.8 Å². The molecule has 0 aromatic carbocycles. The van der Waals surface area contributed by atoms with E-state index in [0.717, 1.165) is 0 Å². The number of amides is 1. The SMILES string of the molecule is COC(=O)NC(C)C. The van der Waals surface area contributed by atoms with Gasteiger partial charge in [-0.1, -0.05) is 0 Å². The highest BCUT2D eigenvalue weighted by atomic mass is 16.5. The van der Waals surface area contributed by atoms with Crippen molar-refractivity contribution in [3.63, 3.8) is 0 Å². The third-order valence-electron chi connectivity index (χ3n) is 0.592. The van der Waals surface area contributed by atoms with Gasteiger partial charge in [0.05, 0.1) is 7.11 Å². The summed E-state index contributed by atoms with van der Waals surface area (Å²) >= 11 is 0. The summed E-state index contributed by atoms with van der Waals surface area (Å²) in [5.74, 6) is 0. The standard InChI is InChI=1S/C5H11NO2/c1-4(2)6-5(7)8-3/h4H,1-3H3,(H,6,7). The van der Waals surface area contributed by atoms with Gasteiger partial charge in [0.25, 0.3) is 0 Å². The molecule has 0 radical (unpaired) electrons. The van der Waals surface area contributed by atoms with Crippen molar-refractivity contribution in [1.82, 2.24) is 5.32 Å². The van der Waals surface area contributed by atoms with Crippen LogP contribution in [0.4, 0.5) is 4.79 Å². The van der Waals surface area contributed by atoms with Crippen molar-refractivity contribution < 1.29 is 9.53 Å². The highest BCUT2D eigenvalue weighted by Gasteiger charge is 1.97. The first-order chi connectivity index (χ1) is 3.66. The number of ether oxygens (including phenoxy) is 1. The molecule has 0 saturated heterocycles. The molecule has 0 aliphatic rings. The molecule has 3 nitrogen and oxygen atoms in total. The van der Waals surface area contributed by atoms with Gasteiger partial charge >= 0.3 is 6.09 Å². The summed E-state index contributed by atoms with van der Waals surface area (Å²) in [5, 5.41) is 2.53. The van der Waals surface area contributed by atoms with Gasteiger partial charge in [-0.3, -0.25) is 0 Å². The van der Waals surface area contributed by atoms with Crippen LogP contribution in [0.15, 0.2) is 0 Å². The minimum atomic E-state index is -0.375. The second-order valence-electron chi connectivity index (χ2n) is 1.79. The third-order valence-corrected chi connectivity index (χ3v) is 0.592. The van der Waals surface area contributed by atoms with E-state index < -0.39 is 0 Å². The molecule has 0 fully saturated rings. The first-order valence-electron chi connectivity index (χ1n) is 2.51. The predicted molar refractivity (Wildman–Crippen MR) is 30.7 cm³/mol. The minimum Gasteiger partial charge on any atom is -0.453 e. The second kappa shape index (κ2) is 3.29. The molecule has 0 aliphatic heterocycles. The van der Waals surface area contributed by atoms with Crippen LogP contribution < -0.4 is 5.32 Å². The average Bonchev–Trinajstić information content (AvgIpc) is 1.65. The number of carbonyl (C=O) groups excluding carboxylic acids is 1. The minimum absolute atomic E-state index is 0.155. The molecule has 0 bridgehead atoms. The maximum atomic E-state index is 10.3. The fourth-order valence-electron chi connectivity index (χ4n) is 0.295. The van der Waals surface area contributed by atoms with Gasteiger partial charge in [0.15, 0.2) is 0 Å². The van der Waals surface area contributed by atoms with E-state index in [1.165, 1.54) is 7.11 Å². The molecule has 1 amide bonds. The molecule has 0 unspecified atom stereocenters. The maximum absolute atomic E-state index is 10.3. The van der Waals surface area contributed by atoms with E-state index in [2.05, 4.69) is 10.1 Å². The highest BCUT2D eigenvalue weighted by Crippen LogP contribution is 1.77. The van der Waals surface area contributed by atoms with E-state index in [0.29, 0.717) is 0 Å². The van der Waals surface area contributed by atoms with Crippen LogP contribution in [0.3, 0.4) is 0 Å². The van der Waals surface area contributed by atoms with Gasteiger partial charge in [0, 0.05) is 6.04 Å². The molecule has 0 aromatic heterocycles. The second-order valence-corrected chi connectivity index (χ2v) is 1.79. The van der Waals surface area contributed by atoms with Gasteiger partial charge in [-0.15, -0.1) is 0 Å². The molecule has 8 heavy (non-hydrogen) atoms. The lowest BCUT2D eigenvalue weighted by atomic mass is 10.4. The van der Waals surface area contributed by atoms with Crippen LogP contribution >= 0.6 is 0 Å². The Morgan fingerprint density at radius 2 is 2.12 bits per heavy atom. The first-order valence-corrected chi connectivity index (χ1v) is 2.51. The molecule has 0 aliphatic carbocycles. The Morgan fingerprint density at radius 1 is 1.62 bits per heavy atom. The van der Waals surface area contributed by atoms with Crippen molar-refractivity contribution in [1.29, 1.82) is 0 Å². The van der Waals surface area contributed by atoms with Crippen molar-refractivity contribution in [2.24, 2.45) is 0 Å². The molecule has 0 atom stereocenters. The van der Waals surface area contributed by atoms with Crippen LogP contribution in [0.2, 0.25) is 0 Å². The van der Waals surface area contributed by atoms with Crippen LogP contribution in [-0.4, -0.2) is 19.2 Å². The zero-order valence-corrected chi connectivity index (χ0v) is 5.39. The van der Waals surface area contributed by atoms with Gasteiger partial charge in [0.2, 0.25) is 0 Å². The first kappa shape index (κ1) is 7.27. The predicted octanol–water partition coefficient (Wildman–Crippen LogP) is 0.751. The fraction of sp³-hybridized carbons (Fsp3) is 0.800. The number of rotatable bonds is 1. The monoisotopic (exact) mass is 117 g/mol.